The van der Waals surface area contributed by atoms with Gasteiger partial charge in [-0.15, -0.1) is 5.10 Å². The molecule has 0 spiro atoms. The van der Waals surface area contributed by atoms with E-state index in [0.29, 0.717) is 16.5 Å². The Balaban J connectivity index is 1.92. The Morgan fingerprint density at radius 2 is 2.00 bits per heavy atom. The maximum absolute atomic E-state index is 12.8. The molecule has 0 radical (unpaired) electrons. The number of nitrogens with one attached hydrogen (secondary N) is 1. The number of aliphatic hydroxyl groups is 1. The molecule has 0 saturated carbocycles. The van der Waals surface area contributed by atoms with Crippen molar-refractivity contribution in [2.24, 2.45) is 0 Å². The topological polar surface area (TPSA) is 75.9 Å². The number of rotatable bonds is 5. The Labute approximate surface area is 151 Å². The molecule has 0 aliphatic rings. The van der Waals surface area contributed by atoms with E-state index in [0.717, 1.165) is 12.1 Å². The smallest absolute Gasteiger partial charge is 0.394 e. The van der Waals surface area contributed by atoms with Gasteiger partial charge in [0, 0.05) is 17.4 Å². The summed E-state index contributed by atoms with van der Waals surface area (Å²) in [5, 5.41) is 16.4. The van der Waals surface area contributed by atoms with Gasteiger partial charge in [0.15, 0.2) is 5.82 Å². The van der Waals surface area contributed by atoms with Gasteiger partial charge in [-0.05, 0) is 30.3 Å². The van der Waals surface area contributed by atoms with Crippen LogP contribution < -0.4 is 5.32 Å². The minimum atomic E-state index is -4.44. The summed E-state index contributed by atoms with van der Waals surface area (Å²) in [6, 6.07) is 7.98. The Bertz CT molecular complexity index is 896. The molecular formula is C16H13ClF3N5O. The fourth-order valence-corrected chi connectivity index (χ4v) is 2.38. The first-order chi connectivity index (χ1) is 12.4. The van der Waals surface area contributed by atoms with Gasteiger partial charge in [0.05, 0.1) is 18.7 Å². The Morgan fingerprint density at radius 1 is 1.19 bits per heavy atom. The summed E-state index contributed by atoms with van der Waals surface area (Å²) >= 11 is 5.77. The van der Waals surface area contributed by atoms with Crippen molar-refractivity contribution in [3.63, 3.8) is 0 Å². The van der Waals surface area contributed by atoms with Crippen LogP contribution in [0.25, 0.3) is 11.4 Å². The molecule has 3 rings (SSSR count). The third-order valence-corrected chi connectivity index (χ3v) is 3.64. The summed E-state index contributed by atoms with van der Waals surface area (Å²) in [6.07, 6.45) is -2.95. The molecule has 0 fully saturated rings. The van der Waals surface area contributed by atoms with Crippen LogP contribution in [0.5, 0.6) is 0 Å². The zero-order valence-electron chi connectivity index (χ0n) is 13.2. The molecule has 26 heavy (non-hydrogen) atoms. The van der Waals surface area contributed by atoms with Crippen LogP contribution in [0.4, 0.5) is 24.8 Å². The van der Waals surface area contributed by atoms with Crippen molar-refractivity contribution < 1.29 is 18.3 Å². The molecule has 0 atom stereocenters. The van der Waals surface area contributed by atoms with Gasteiger partial charge in [0.25, 0.3) is 0 Å². The number of hydrogen-bond donors (Lipinski definition) is 2. The van der Waals surface area contributed by atoms with Gasteiger partial charge in [0.1, 0.15) is 5.15 Å². The molecular weight excluding hydrogens is 371 g/mol. The maximum atomic E-state index is 12.8. The van der Waals surface area contributed by atoms with Crippen LogP contribution in [-0.4, -0.2) is 31.5 Å². The van der Waals surface area contributed by atoms with Gasteiger partial charge in [-0.25, -0.2) is 9.67 Å². The molecule has 136 valence electrons. The van der Waals surface area contributed by atoms with Crippen LogP contribution in [0.1, 0.15) is 5.56 Å². The highest BCUT2D eigenvalue weighted by molar-refractivity contribution is 6.29. The number of alkyl halides is 3. The fraction of sp³-hybridized carbons (Fsp3) is 0.188. The molecule has 0 bridgehead atoms. The van der Waals surface area contributed by atoms with Crippen molar-refractivity contribution in [2.45, 2.75) is 12.7 Å². The highest BCUT2D eigenvalue weighted by atomic mass is 35.5. The summed E-state index contributed by atoms with van der Waals surface area (Å²) < 4.78 is 39.9. The molecule has 6 nitrogen and oxygen atoms in total. The van der Waals surface area contributed by atoms with Gasteiger partial charge >= 0.3 is 6.18 Å². The fourth-order valence-electron chi connectivity index (χ4n) is 2.27. The highest BCUT2D eigenvalue weighted by Gasteiger charge is 2.30. The normalized spacial score (nSPS) is 11.6. The quantitative estimate of drug-likeness (QED) is 0.656. The van der Waals surface area contributed by atoms with Crippen LogP contribution in [0.15, 0.2) is 42.6 Å². The van der Waals surface area contributed by atoms with E-state index in [1.807, 2.05) is 0 Å². The number of anilines is 2. The lowest BCUT2D eigenvalue weighted by Gasteiger charge is -2.08. The molecule has 1 aromatic carbocycles. The van der Waals surface area contributed by atoms with E-state index >= 15 is 0 Å². The number of hydrogen-bond acceptors (Lipinski definition) is 5. The van der Waals surface area contributed by atoms with Gasteiger partial charge in [0.2, 0.25) is 5.95 Å². The molecule has 10 heteroatoms. The average Bonchev–Trinajstić information content (AvgIpc) is 2.98. The number of halogens is 4. The number of nitrogens with zero attached hydrogens (tertiary/aromatic N) is 4. The molecule has 0 unspecified atom stereocenters. The molecule has 0 aliphatic heterocycles. The molecule has 0 aliphatic carbocycles. The molecule has 2 aromatic heterocycles. The van der Waals surface area contributed by atoms with Crippen molar-refractivity contribution in [1.29, 1.82) is 0 Å². The second-order valence-corrected chi connectivity index (χ2v) is 5.67. The summed E-state index contributed by atoms with van der Waals surface area (Å²) in [4.78, 5) is 8.25. The summed E-state index contributed by atoms with van der Waals surface area (Å²) in [6.45, 7) is -0.0182. The van der Waals surface area contributed by atoms with Crippen LogP contribution in [0.3, 0.4) is 0 Å². The Morgan fingerprint density at radius 3 is 2.65 bits per heavy atom. The van der Waals surface area contributed by atoms with Gasteiger partial charge in [-0.3, -0.25) is 0 Å². The van der Waals surface area contributed by atoms with E-state index in [9.17, 15) is 18.3 Å². The van der Waals surface area contributed by atoms with Crippen LogP contribution in [0, 0.1) is 0 Å². The average molecular weight is 384 g/mol. The minimum absolute atomic E-state index is 0.0997. The number of benzene rings is 1. The van der Waals surface area contributed by atoms with E-state index in [-0.39, 0.29) is 24.8 Å². The molecule has 0 saturated heterocycles. The van der Waals surface area contributed by atoms with E-state index < -0.39 is 11.7 Å². The lowest BCUT2D eigenvalue weighted by atomic mass is 10.2. The van der Waals surface area contributed by atoms with Gasteiger partial charge in [-0.2, -0.15) is 18.2 Å². The van der Waals surface area contributed by atoms with Crippen molar-refractivity contribution in [1.82, 2.24) is 19.7 Å². The number of aliphatic hydroxyl groups excluding tert-OH is 1. The van der Waals surface area contributed by atoms with Crippen molar-refractivity contribution >= 4 is 23.2 Å². The predicted octanol–water partition coefficient (Wildman–Crippen LogP) is 3.75. The predicted molar refractivity (Wildman–Crippen MR) is 90.1 cm³/mol. The van der Waals surface area contributed by atoms with Gasteiger partial charge < -0.3 is 10.4 Å². The minimum Gasteiger partial charge on any atom is -0.394 e. The standard InChI is InChI=1S/C16H13ClF3N5O/c17-13-5-4-10(9-21-13)14-23-15(24-25(14)6-7-26)22-12-3-1-2-11(8-12)16(18,19)20/h1-5,8-9,26H,6-7H2,(H,22,24). The largest absolute Gasteiger partial charge is 0.416 e. The monoisotopic (exact) mass is 383 g/mol. The SMILES string of the molecule is OCCn1nc(Nc2cccc(C(F)(F)F)c2)nc1-c1ccc(Cl)nc1. The van der Waals surface area contributed by atoms with E-state index in [1.165, 1.54) is 23.0 Å². The number of pyridine rings is 1. The van der Waals surface area contributed by atoms with Gasteiger partial charge in [-0.1, -0.05) is 17.7 Å². The van der Waals surface area contributed by atoms with Crippen molar-refractivity contribution in [3.8, 4) is 11.4 Å². The zero-order chi connectivity index (χ0) is 18.7. The number of aromatic nitrogens is 4. The first-order valence-electron chi connectivity index (χ1n) is 7.49. The first kappa shape index (κ1) is 18.2. The molecule has 2 heterocycles. The summed E-state index contributed by atoms with van der Waals surface area (Å²) in [5.41, 5.74) is 0.0219. The van der Waals surface area contributed by atoms with E-state index in [1.54, 1.807) is 12.1 Å². The van der Waals surface area contributed by atoms with Crippen LogP contribution in [0.2, 0.25) is 5.15 Å². The van der Waals surface area contributed by atoms with Crippen LogP contribution in [-0.2, 0) is 12.7 Å². The lowest BCUT2D eigenvalue weighted by Crippen LogP contribution is -2.07. The first-order valence-corrected chi connectivity index (χ1v) is 7.86. The summed E-state index contributed by atoms with van der Waals surface area (Å²) in [7, 11) is 0. The maximum Gasteiger partial charge on any atom is 0.416 e. The second kappa shape index (κ2) is 7.30. The van der Waals surface area contributed by atoms with E-state index in [4.69, 9.17) is 11.6 Å². The summed E-state index contributed by atoms with van der Waals surface area (Å²) in [5.74, 6) is 0.500. The van der Waals surface area contributed by atoms with Crippen molar-refractivity contribution in [2.75, 3.05) is 11.9 Å². The molecule has 3 aromatic rings. The molecule has 2 N–H and O–H groups in total. The lowest BCUT2D eigenvalue weighted by molar-refractivity contribution is -0.137. The van der Waals surface area contributed by atoms with Crippen molar-refractivity contribution in [3.05, 3.63) is 53.3 Å². The highest BCUT2D eigenvalue weighted by Crippen LogP contribution is 2.31. The van der Waals surface area contributed by atoms with Crippen LogP contribution >= 0.6 is 11.6 Å². The zero-order valence-corrected chi connectivity index (χ0v) is 14.0. The Hall–Kier alpha value is -2.65. The second-order valence-electron chi connectivity index (χ2n) is 5.28. The van der Waals surface area contributed by atoms with E-state index in [2.05, 4.69) is 20.4 Å². The Kier molecular flexibility index (Phi) is 5.10. The third-order valence-electron chi connectivity index (χ3n) is 3.42. The third kappa shape index (κ3) is 4.12. The molecule has 0 amide bonds.